The fourth-order valence-corrected chi connectivity index (χ4v) is 5.38. The summed E-state index contributed by atoms with van der Waals surface area (Å²) >= 11 is 3.09. The molecule has 6 nitrogen and oxygen atoms in total. The van der Waals surface area contributed by atoms with Crippen LogP contribution in [0.4, 0.5) is 5.69 Å². The summed E-state index contributed by atoms with van der Waals surface area (Å²) in [5, 5.41) is 4.92. The number of fused-ring (bicyclic) bond motifs is 2. The van der Waals surface area contributed by atoms with Gasteiger partial charge in [-0.05, 0) is 43.7 Å². The molecule has 0 radical (unpaired) electrons. The van der Waals surface area contributed by atoms with Gasteiger partial charge in [0, 0.05) is 15.8 Å². The van der Waals surface area contributed by atoms with Gasteiger partial charge in [-0.3, -0.25) is 4.79 Å². The van der Waals surface area contributed by atoms with Crippen molar-refractivity contribution in [3.8, 4) is 11.4 Å². The van der Waals surface area contributed by atoms with Crippen molar-refractivity contribution in [2.24, 2.45) is 0 Å². The van der Waals surface area contributed by atoms with Gasteiger partial charge in [-0.25, -0.2) is 15.0 Å². The second-order valence-corrected chi connectivity index (χ2v) is 9.29. The van der Waals surface area contributed by atoms with Crippen LogP contribution >= 0.6 is 23.1 Å². The number of benzene rings is 2. The second kappa shape index (κ2) is 8.13. The van der Waals surface area contributed by atoms with E-state index in [1.54, 1.807) is 17.7 Å². The lowest BCUT2D eigenvalue weighted by Gasteiger charge is -2.09. The monoisotopic (exact) mass is 445 g/mol. The molecule has 0 saturated heterocycles. The number of thioether (sulfide) groups is 1. The van der Waals surface area contributed by atoms with Crippen molar-refractivity contribution in [2.75, 3.05) is 11.1 Å². The first kappa shape index (κ1) is 19.7. The minimum absolute atomic E-state index is 0.0927. The molecule has 0 bridgehead atoms. The van der Waals surface area contributed by atoms with Crippen LogP contribution in [0.3, 0.4) is 0 Å². The van der Waals surface area contributed by atoms with Crippen LogP contribution in [-0.4, -0.2) is 31.6 Å². The molecule has 0 aliphatic rings. The van der Waals surface area contributed by atoms with E-state index in [-0.39, 0.29) is 11.7 Å². The summed E-state index contributed by atoms with van der Waals surface area (Å²) in [7, 11) is 0. The Hall–Kier alpha value is -3.23. The first-order valence-corrected chi connectivity index (χ1v) is 11.6. The maximum atomic E-state index is 12.8. The first-order valence-electron chi connectivity index (χ1n) is 9.77. The number of imidazole rings is 1. The number of hydrogen-bond donors (Lipinski definition) is 2. The molecule has 0 spiro atoms. The molecule has 5 aromatic rings. The SMILES string of the molecule is Cc1sc2ncnc(SCC(=O)Nc3ccccc3-c3nc4ccccc4[nH]3)c2c1C. The van der Waals surface area contributed by atoms with Crippen molar-refractivity contribution < 1.29 is 4.79 Å². The lowest BCUT2D eigenvalue weighted by atomic mass is 10.1. The maximum Gasteiger partial charge on any atom is 0.234 e. The molecule has 0 aliphatic heterocycles. The van der Waals surface area contributed by atoms with Gasteiger partial charge in [-0.1, -0.05) is 36.0 Å². The zero-order valence-corrected chi connectivity index (χ0v) is 18.6. The fourth-order valence-electron chi connectivity index (χ4n) is 3.46. The molecule has 2 N–H and O–H groups in total. The molecule has 0 unspecified atom stereocenters. The van der Waals surface area contributed by atoms with E-state index in [9.17, 15) is 4.79 Å². The number of aromatic amines is 1. The molecule has 154 valence electrons. The van der Waals surface area contributed by atoms with Crippen molar-refractivity contribution in [3.05, 3.63) is 65.3 Å². The predicted octanol–water partition coefficient (Wildman–Crippen LogP) is 5.58. The number of anilines is 1. The van der Waals surface area contributed by atoms with Gasteiger partial charge in [0.05, 0.1) is 22.5 Å². The Labute approximate surface area is 187 Å². The van der Waals surface area contributed by atoms with Crippen molar-refractivity contribution in [2.45, 2.75) is 18.9 Å². The van der Waals surface area contributed by atoms with E-state index in [0.717, 1.165) is 43.4 Å². The highest BCUT2D eigenvalue weighted by Gasteiger charge is 2.15. The molecular formula is C23H19N5OS2. The van der Waals surface area contributed by atoms with Crippen LogP contribution in [0.1, 0.15) is 10.4 Å². The van der Waals surface area contributed by atoms with Crippen LogP contribution in [-0.2, 0) is 4.79 Å². The molecule has 8 heteroatoms. The lowest BCUT2D eigenvalue weighted by Crippen LogP contribution is -2.15. The Bertz CT molecular complexity index is 1390. The van der Waals surface area contributed by atoms with Crippen molar-refractivity contribution >= 4 is 55.9 Å². The molecule has 0 saturated carbocycles. The van der Waals surface area contributed by atoms with Crippen molar-refractivity contribution in [3.63, 3.8) is 0 Å². The number of nitrogens with one attached hydrogen (secondary N) is 2. The zero-order valence-electron chi connectivity index (χ0n) is 17.0. The predicted molar refractivity (Wildman–Crippen MR) is 128 cm³/mol. The van der Waals surface area contributed by atoms with Crippen molar-refractivity contribution in [1.82, 2.24) is 19.9 Å². The molecule has 0 atom stereocenters. The molecular weight excluding hydrogens is 426 g/mol. The minimum atomic E-state index is -0.0927. The van der Waals surface area contributed by atoms with E-state index < -0.39 is 0 Å². The van der Waals surface area contributed by atoms with Crippen molar-refractivity contribution in [1.29, 1.82) is 0 Å². The van der Waals surface area contributed by atoms with Crippen LogP contribution in [0.2, 0.25) is 0 Å². The third-order valence-electron chi connectivity index (χ3n) is 5.12. The molecule has 5 rings (SSSR count). The quantitative estimate of drug-likeness (QED) is 0.272. The van der Waals surface area contributed by atoms with Gasteiger partial charge >= 0.3 is 0 Å². The number of carbonyl (C=O) groups is 1. The van der Waals surface area contributed by atoms with Gasteiger partial charge < -0.3 is 10.3 Å². The summed E-state index contributed by atoms with van der Waals surface area (Å²) < 4.78 is 0. The number of aromatic nitrogens is 4. The fraction of sp³-hybridized carbons (Fsp3) is 0.130. The third kappa shape index (κ3) is 3.80. The highest BCUT2D eigenvalue weighted by atomic mass is 32.2. The van der Waals surface area contributed by atoms with Gasteiger partial charge in [0.25, 0.3) is 0 Å². The number of rotatable bonds is 5. The summed E-state index contributed by atoms with van der Waals surface area (Å²) in [6, 6.07) is 15.6. The molecule has 31 heavy (non-hydrogen) atoms. The number of hydrogen-bond acceptors (Lipinski definition) is 6. The van der Waals surface area contributed by atoms with Gasteiger partial charge in [0.15, 0.2) is 0 Å². The number of aryl methyl sites for hydroxylation is 2. The topological polar surface area (TPSA) is 83.6 Å². The average molecular weight is 446 g/mol. The molecule has 3 heterocycles. The summed E-state index contributed by atoms with van der Waals surface area (Å²) in [6.45, 7) is 4.16. The number of thiophene rings is 1. The van der Waals surface area contributed by atoms with Gasteiger partial charge in [-0.15, -0.1) is 11.3 Å². The molecule has 3 aromatic heterocycles. The normalized spacial score (nSPS) is 11.3. The summed E-state index contributed by atoms with van der Waals surface area (Å²) in [6.07, 6.45) is 1.56. The molecule has 0 aliphatic carbocycles. The van der Waals surface area contributed by atoms with E-state index >= 15 is 0 Å². The Morgan fingerprint density at radius 1 is 1.10 bits per heavy atom. The Balaban J connectivity index is 1.36. The van der Waals surface area contributed by atoms with E-state index in [1.807, 2.05) is 48.5 Å². The van der Waals surface area contributed by atoms with Crippen LogP contribution in [0.25, 0.3) is 32.6 Å². The highest BCUT2D eigenvalue weighted by Crippen LogP contribution is 2.34. The minimum Gasteiger partial charge on any atom is -0.338 e. The largest absolute Gasteiger partial charge is 0.338 e. The zero-order chi connectivity index (χ0) is 21.4. The van der Waals surface area contributed by atoms with Gasteiger partial charge in [0.1, 0.15) is 22.0 Å². The van der Waals surface area contributed by atoms with Gasteiger partial charge in [-0.2, -0.15) is 0 Å². The van der Waals surface area contributed by atoms with Crippen LogP contribution in [0.15, 0.2) is 59.9 Å². The van der Waals surface area contributed by atoms with E-state index in [2.05, 4.69) is 39.1 Å². The lowest BCUT2D eigenvalue weighted by molar-refractivity contribution is -0.113. The van der Waals surface area contributed by atoms with E-state index in [0.29, 0.717) is 0 Å². The highest BCUT2D eigenvalue weighted by molar-refractivity contribution is 8.00. The second-order valence-electron chi connectivity index (χ2n) is 7.13. The summed E-state index contributed by atoms with van der Waals surface area (Å²) in [4.78, 5) is 31.7. The number of para-hydroxylation sites is 3. The summed E-state index contributed by atoms with van der Waals surface area (Å²) in [5.74, 6) is 0.895. The number of nitrogens with zero attached hydrogens (tertiary/aromatic N) is 3. The summed E-state index contributed by atoms with van der Waals surface area (Å²) in [5.41, 5.74) is 4.61. The molecule has 0 fully saturated rings. The van der Waals surface area contributed by atoms with Gasteiger partial charge in [0.2, 0.25) is 5.91 Å². The van der Waals surface area contributed by atoms with Crippen LogP contribution < -0.4 is 5.32 Å². The third-order valence-corrected chi connectivity index (χ3v) is 7.22. The Morgan fingerprint density at radius 2 is 1.90 bits per heavy atom. The molecule has 1 amide bonds. The first-order chi connectivity index (χ1) is 15.1. The average Bonchev–Trinajstić information content (AvgIpc) is 3.34. The van der Waals surface area contributed by atoms with E-state index in [4.69, 9.17) is 0 Å². The number of carbonyl (C=O) groups excluding carboxylic acids is 1. The molecule has 2 aromatic carbocycles. The van der Waals surface area contributed by atoms with E-state index in [1.165, 1.54) is 22.2 Å². The smallest absolute Gasteiger partial charge is 0.234 e. The van der Waals surface area contributed by atoms with Crippen LogP contribution in [0, 0.1) is 13.8 Å². The Kier molecular flexibility index (Phi) is 5.17. The maximum absolute atomic E-state index is 12.8. The van der Waals surface area contributed by atoms with Crippen LogP contribution in [0.5, 0.6) is 0 Å². The standard InChI is InChI=1S/C23H19N5OS2/c1-13-14(2)31-23-20(13)22(24-12-25-23)30-11-19(29)26-16-8-4-3-7-15(16)21-27-17-9-5-6-10-18(17)28-21/h3-10,12H,11H2,1-2H3,(H,26,29)(H,27,28). The Morgan fingerprint density at radius 3 is 2.77 bits per heavy atom. The number of amides is 1. The number of H-pyrrole nitrogens is 1.